The van der Waals surface area contributed by atoms with Gasteiger partial charge < -0.3 is 15.2 Å². The normalized spacial score (nSPS) is 19.9. The van der Waals surface area contributed by atoms with Crippen molar-refractivity contribution in [1.29, 1.82) is 0 Å². The molecule has 1 aliphatic rings. The Morgan fingerprint density at radius 1 is 1.31 bits per heavy atom. The lowest BCUT2D eigenvalue weighted by molar-refractivity contribution is -0.140. The van der Waals surface area contributed by atoms with Gasteiger partial charge in [-0.05, 0) is 24.6 Å². The number of hydrogen-bond acceptors (Lipinski definition) is 4. The number of carbonyl (C=O) groups is 1. The van der Waals surface area contributed by atoms with Crippen molar-refractivity contribution in [1.82, 2.24) is 0 Å². The van der Waals surface area contributed by atoms with Crippen molar-refractivity contribution in [2.75, 3.05) is 7.11 Å². The molecule has 4 heteroatoms. The number of ether oxygens (including phenoxy) is 2. The van der Waals surface area contributed by atoms with Gasteiger partial charge >= 0.3 is 5.97 Å². The molecule has 4 nitrogen and oxygen atoms in total. The Labute approximate surface area is 93.7 Å². The summed E-state index contributed by atoms with van der Waals surface area (Å²) in [7, 11) is 1.60. The molecule has 0 saturated carbocycles. The van der Waals surface area contributed by atoms with Gasteiger partial charge in [0.25, 0.3) is 0 Å². The number of hydrogen-bond donors (Lipinski definition) is 1. The number of benzene rings is 1. The van der Waals surface area contributed by atoms with E-state index in [9.17, 15) is 4.79 Å². The molecule has 2 N–H and O–H groups in total. The van der Waals surface area contributed by atoms with Crippen LogP contribution in [0, 0.1) is 0 Å². The first-order valence-electron chi connectivity index (χ1n) is 4.94. The minimum absolute atomic E-state index is 0.349. The van der Waals surface area contributed by atoms with Crippen LogP contribution in [0.15, 0.2) is 35.5 Å². The number of cyclic esters (lactones) is 1. The molecule has 0 spiro atoms. The third kappa shape index (κ3) is 1.62. The molecule has 1 heterocycles. The zero-order valence-corrected chi connectivity index (χ0v) is 9.19. The molecule has 0 aliphatic carbocycles. The van der Waals surface area contributed by atoms with E-state index >= 15 is 0 Å². The highest BCUT2D eigenvalue weighted by molar-refractivity contribution is 5.91. The van der Waals surface area contributed by atoms with Gasteiger partial charge in [-0.2, -0.15) is 0 Å². The summed E-state index contributed by atoms with van der Waals surface area (Å²) in [5.41, 5.74) is 7.64. The molecule has 0 fully saturated rings. The second-order valence-electron chi connectivity index (χ2n) is 3.64. The summed E-state index contributed by atoms with van der Waals surface area (Å²) < 4.78 is 10.2. The van der Waals surface area contributed by atoms with Crippen LogP contribution >= 0.6 is 0 Å². The highest BCUT2D eigenvalue weighted by Gasteiger charge is 2.30. The van der Waals surface area contributed by atoms with Crippen LogP contribution in [0.4, 0.5) is 0 Å². The van der Waals surface area contributed by atoms with Gasteiger partial charge in [-0.25, -0.2) is 4.79 Å². The molecule has 0 bridgehead atoms. The SMILES string of the molecule is COc1ccc(C2OC(=O)C(C)=C2N)cc1. The van der Waals surface area contributed by atoms with Crippen molar-refractivity contribution in [2.45, 2.75) is 13.0 Å². The average Bonchev–Trinajstić information content (AvgIpc) is 2.57. The van der Waals surface area contributed by atoms with E-state index in [1.807, 2.05) is 24.3 Å². The van der Waals surface area contributed by atoms with Crippen LogP contribution in [0.2, 0.25) is 0 Å². The zero-order valence-electron chi connectivity index (χ0n) is 9.19. The molecule has 0 radical (unpaired) electrons. The molecule has 84 valence electrons. The van der Waals surface area contributed by atoms with Crippen LogP contribution in [0.3, 0.4) is 0 Å². The third-order valence-electron chi connectivity index (χ3n) is 2.67. The van der Waals surface area contributed by atoms with E-state index in [0.717, 1.165) is 11.3 Å². The summed E-state index contributed by atoms with van der Waals surface area (Å²) in [6.07, 6.45) is -0.460. The summed E-state index contributed by atoms with van der Waals surface area (Å²) in [5, 5.41) is 0. The Hall–Kier alpha value is -1.97. The summed E-state index contributed by atoms with van der Waals surface area (Å²) >= 11 is 0. The van der Waals surface area contributed by atoms with Crippen LogP contribution < -0.4 is 10.5 Å². The summed E-state index contributed by atoms with van der Waals surface area (Å²) in [6.45, 7) is 1.67. The lowest BCUT2D eigenvalue weighted by atomic mass is 10.1. The number of carbonyl (C=O) groups excluding carboxylic acids is 1. The Bertz CT molecular complexity index is 448. The van der Waals surface area contributed by atoms with Crippen LogP contribution in [0.25, 0.3) is 0 Å². The molecule has 1 aliphatic heterocycles. The van der Waals surface area contributed by atoms with Crippen molar-refractivity contribution in [3.8, 4) is 5.75 Å². The predicted octanol–water partition coefficient (Wildman–Crippen LogP) is 1.53. The van der Waals surface area contributed by atoms with E-state index in [1.165, 1.54) is 0 Å². The quantitative estimate of drug-likeness (QED) is 0.766. The maximum absolute atomic E-state index is 11.3. The minimum atomic E-state index is -0.460. The first kappa shape index (κ1) is 10.5. The van der Waals surface area contributed by atoms with Crippen molar-refractivity contribution in [3.63, 3.8) is 0 Å². The monoisotopic (exact) mass is 219 g/mol. The summed E-state index contributed by atoms with van der Waals surface area (Å²) in [4.78, 5) is 11.3. The van der Waals surface area contributed by atoms with E-state index < -0.39 is 6.10 Å². The third-order valence-corrected chi connectivity index (χ3v) is 2.67. The fourth-order valence-corrected chi connectivity index (χ4v) is 1.60. The molecule has 1 unspecified atom stereocenters. The van der Waals surface area contributed by atoms with Gasteiger partial charge in [0.05, 0.1) is 18.4 Å². The molecule has 2 rings (SSSR count). The standard InChI is InChI=1S/C12H13NO3/c1-7-10(13)11(16-12(7)14)8-3-5-9(15-2)6-4-8/h3-6,11H,13H2,1-2H3. The summed E-state index contributed by atoms with van der Waals surface area (Å²) in [5.74, 6) is 0.408. The van der Waals surface area contributed by atoms with E-state index in [1.54, 1.807) is 14.0 Å². The van der Waals surface area contributed by atoms with E-state index in [2.05, 4.69) is 0 Å². The van der Waals surface area contributed by atoms with Gasteiger partial charge in [0.1, 0.15) is 5.75 Å². The number of methoxy groups -OCH3 is 1. The van der Waals surface area contributed by atoms with Crippen molar-refractivity contribution in [2.24, 2.45) is 5.73 Å². The van der Waals surface area contributed by atoms with Crippen LogP contribution in [-0.4, -0.2) is 13.1 Å². The second kappa shape index (κ2) is 3.89. The Kier molecular flexibility index (Phi) is 2.56. The lowest BCUT2D eigenvalue weighted by Gasteiger charge is -2.12. The molecular weight excluding hydrogens is 206 g/mol. The maximum Gasteiger partial charge on any atom is 0.336 e. The molecule has 0 saturated heterocycles. The van der Waals surface area contributed by atoms with Crippen molar-refractivity contribution in [3.05, 3.63) is 41.1 Å². The largest absolute Gasteiger partial charge is 0.497 e. The Morgan fingerprint density at radius 3 is 2.38 bits per heavy atom. The maximum atomic E-state index is 11.3. The molecular formula is C12H13NO3. The minimum Gasteiger partial charge on any atom is -0.497 e. The van der Waals surface area contributed by atoms with Crippen LogP contribution in [-0.2, 0) is 9.53 Å². The van der Waals surface area contributed by atoms with E-state index in [4.69, 9.17) is 15.2 Å². The fraction of sp³-hybridized carbons (Fsp3) is 0.250. The summed E-state index contributed by atoms with van der Waals surface area (Å²) in [6, 6.07) is 7.29. The average molecular weight is 219 g/mol. The first-order valence-corrected chi connectivity index (χ1v) is 4.94. The van der Waals surface area contributed by atoms with E-state index in [-0.39, 0.29) is 5.97 Å². The predicted molar refractivity (Wildman–Crippen MR) is 58.7 cm³/mol. The van der Waals surface area contributed by atoms with Crippen molar-refractivity contribution < 1.29 is 14.3 Å². The highest BCUT2D eigenvalue weighted by atomic mass is 16.5. The molecule has 0 amide bonds. The molecule has 0 aromatic heterocycles. The molecule has 16 heavy (non-hydrogen) atoms. The van der Waals surface area contributed by atoms with Crippen molar-refractivity contribution >= 4 is 5.97 Å². The second-order valence-corrected chi connectivity index (χ2v) is 3.64. The Morgan fingerprint density at radius 2 is 1.94 bits per heavy atom. The van der Waals surface area contributed by atoms with Crippen LogP contribution in [0.5, 0.6) is 5.75 Å². The van der Waals surface area contributed by atoms with Gasteiger partial charge in [-0.15, -0.1) is 0 Å². The molecule has 1 atom stereocenters. The van der Waals surface area contributed by atoms with Gasteiger partial charge in [0.2, 0.25) is 0 Å². The first-order chi connectivity index (χ1) is 7.63. The van der Waals surface area contributed by atoms with Gasteiger partial charge in [0, 0.05) is 0 Å². The fourth-order valence-electron chi connectivity index (χ4n) is 1.60. The van der Waals surface area contributed by atoms with Gasteiger partial charge in [-0.1, -0.05) is 12.1 Å². The number of esters is 1. The Balaban J connectivity index is 2.29. The number of nitrogens with two attached hydrogens (primary N) is 1. The zero-order chi connectivity index (χ0) is 11.7. The van der Waals surface area contributed by atoms with Gasteiger partial charge in [0.15, 0.2) is 6.10 Å². The van der Waals surface area contributed by atoms with Gasteiger partial charge in [-0.3, -0.25) is 0 Å². The van der Waals surface area contributed by atoms with E-state index in [0.29, 0.717) is 11.3 Å². The molecule has 1 aromatic carbocycles. The topological polar surface area (TPSA) is 61.5 Å². The van der Waals surface area contributed by atoms with Crippen LogP contribution in [0.1, 0.15) is 18.6 Å². The number of rotatable bonds is 2. The lowest BCUT2D eigenvalue weighted by Crippen LogP contribution is -2.08. The highest BCUT2D eigenvalue weighted by Crippen LogP contribution is 2.32. The molecule has 1 aromatic rings. The smallest absolute Gasteiger partial charge is 0.336 e.